The molecule has 0 heterocycles. The van der Waals surface area contributed by atoms with Crippen LogP contribution in [0.2, 0.25) is 0 Å². The average molecular weight is 362 g/mol. The van der Waals surface area contributed by atoms with Gasteiger partial charge in [0, 0.05) is 6.07 Å². The van der Waals surface area contributed by atoms with E-state index in [9.17, 15) is 14.9 Å². The molecule has 2 aromatic carbocycles. The lowest BCUT2D eigenvalue weighted by atomic mass is 10.2. The molecule has 0 saturated heterocycles. The fourth-order valence-electron chi connectivity index (χ4n) is 1.74. The Morgan fingerprint density at radius 2 is 1.95 bits per heavy atom. The zero-order valence-corrected chi connectivity index (χ0v) is 13.0. The molecule has 0 bridgehead atoms. The third-order valence-electron chi connectivity index (χ3n) is 2.80. The smallest absolute Gasteiger partial charge is 0.338 e. The first-order valence-electron chi connectivity index (χ1n) is 6.40. The molecular weight excluding hydrogens is 350 g/mol. The number of halogens is 1. The van der Waals surface area contributed by atoms with Gasteiger partial charge in [0.2, 0.25) is 0 Å². The first kappa shape index (κ1) is 15.9. The van der Waals surface area contributed by atoms with Crippen molar-refractivity contribution >= 4 is 33.7 Å². The Bertz CT molecular complexity index is 713. The van der Waals surface area contributed by atoms with Crippen molar-refractivity contribution in [2.45, 2.75) is 0 Å². The predicted octanol–water partition coefficient (Wildman–Crippen LogP) is 4.23. The van der Waals surface area contributed by atoms with Crippen LogP contribution in [0, 0.1) is 10.1 Å². The van der Waals surface area contributed by atoms with Gasteiger partial charge in [0.15, 0.2) is 0 Å². The van der Waals surface area contributed by atoms with Crippen LogP contribution in [0.5, 0.6) is 0 Å². The van der Waals surface area contributed by atoms with Gasteiger partial charge in [-0.1, -0.05) is 36.4 Å². The molecule has 0 fully saturated rings. The maximum absolute atomic E-state index is 11.8. The minimum Gasteiger partial charge on any atom is -0.458 e. The second-order valence-corrected chi connectivity index (χ2v) is 5.19. The van der Waals surface area contributed by atoms with Crippen molar-refractivity contribution in [3.05, 3.63) is 80.3 Å². The summed E-state index contributed by atoms with van der Waals surface area (Å²) in [6, 6.07) is 13.7. The molecule has 0 amide bonds. The number of hydrogen-bond donors (Lipinski definition) is 0. The molecule has 0 atom stereocenters. The van der Waals surface area contributed by atoms with E-state index in [2.05, 4.69) is 15.9 Å². The fourth-order valence-corrected chi connectivity index (χ4v) is 2.13. The molecule has 0 saturated carbocycles. The molecule has 0 aromatic heterocycles. The Morgan fingerprint density at radius 3 is 2.64 bits per heavy atom. The number of benzene rings is 2. The van der Waals surface area contributed by atoms with E-state index in [0.717, 1.165) is 5.56 Å². The number of rotatable bonds is 5. The Morgan fingerprint density at radius 1 is 1.23 bits per heavy atom. The molecular formula is C16H12BrNO4. The molecule has 0 spiro atoms. The average Bonchev–Trinajstić information content (AvgIpc) is 2.52. The highest BCUT2D eigenvalue weighted by atomic mass is 79.9. The van der Waals surface area contributed by atoms with E-state index in [1.807, 2.05) is 36.4 Å². The highest BCUT2D eigenvalue weighted by Crippen LogP contribution is 2.25. The van der Waals surface area contributed by atoms with Gasteiger partial charge in [0.1, 0.15) is 6.61 Å². The molecule has 0 unspecified atom stereocenters. The zero-order valence-electron chi connectivity index (χ0n) is 11.4. The number of carbonyl (C=O) groups excluding carboxylic acids is 1. The van der Waals surface area contributed by atoms with Gasteiger partial charge in [0.05, 0.1) is 15.0 Å². The van der Waals surface area contributed by atoms with Gasteiger partial charge in [-0.05, 0) is 39.7 Å². The monoisotopic (exact) mass is 361 g/mol. The van der Waals surface area contributed by atoms with Crippen LogP contribution in [0.1, 0.15) is 15.9 Å². The summed E-state index contributed by atoms with van der Waals surface area (Å²) >= 11 is 3.06. The topological polar surface area (TPSA) is 69.4 Å². The quantitative estimate of drug-likeness (QED) is 0.454. The zero-order chi connectivity index (χ0) is 15.9. The summed E-state index contributed by atoms with van der Waals surface area (Å²) in [5.41, 5.74) is 0.968. The first-order chi connectivity index (χ1) is 10.6. The van der Waals surface area contributed by atoms with E-state index in [4.69, 9.17) is 4.74 Å². The minimum atomic E-state index is -0.603. The molecule has 112 valence electrons. The Balaban J connectivity index is 1.97. The van der Waals surface area contributed by atoms with Crippen molar-refractivity contribution in [2.24, 2.45) is 0 Å². The molecule has 0 aliphatic rings. The maximum Gasteiger partial charge on any atom is 0.338 e. The normalized spacial score (nSPS) is 10.6. The number of nitro groups is 1. The SMILES string of the molecule is O=C(OC/C=C/c1ccccc1)c1ccc(Br)c([N+](=O)[O-])c1. The number of nitro benzene ring substituents is 1. The second kappa shape index (κ2) is 7.51. The molecule has 0 N–H and O–H groups in total. The Labute approximate surface area is 135 Å². The van der Waals surface area contributed by atoms with Gasteiger partial charge in [-0.25, -0.2) is 4.79 Å². The van der Waals surface area contributed by atoms with E-state index in [1.54, 1.807) is 6.08 Å². The van der Waals surface area contributed by atoms with E-state index in [-0.39, 0.29) is 17.9 Å². The third kappa shape index (κ3) is 4.26. The molecule has 0 radical (unpaired) electrons. The summed E-state index contributed by atoms with van der Waals surface area (Å²) in [5, 5.41) is 10.8. The lowest BCUT2D eigenvalue weighted by molar-refractivity contribution is -0.385. The molecule has 2 aromatic rings. The van der Waals surface area contributed by atoms with Gasteiger partial charge in [-0.15, -0.1) is 0 Å². The van der Waals surface area contributed by atoms with Crippen LogP contribution in [0.15, 0.2) is 59.1 Å². The molecule has 22 heavy (non-hydrogen) atoms. The van der Waals surface area contributed by atoms with Gasteiger partial charge in [-0.2, -0.15) is 0 Å². The van der Waals surface area contributed by atoms with Gasteiger partial charge >= 0.3 is 5.97 Å². The number of esters is 1. The van der Waals surface area contributed by atoms with Crippen molar-refractivity contribution < 1.29 is 14.5 Å². The highest BCUT2D eigenvalue weighted by Gasteiger charge is 2.16. The number of nitrogens with zero attached hydrogens (tertiary/aromatic N) is 1. The predicted molar refractivity (Wildman–Crippen MR) is 86.6 cm³/mol. The van der Waals surface area contributed by atoms with E-state index < -0.39 is 10.9 Å². The fraction of sp³-hybridized carbons (Fsp3) is 0.0625. The van der Waals surface area contributed by atoms with Gasteiger partial charge in [0.25, 0.3) is 5.69 Å². The van der Waals surface area contributed by atoms with Crippen LogP contribution in [0.25, 0.3) is 6.08 Å². The van der Waals surface area contributed by atoms with Crippen molar-refractivity contribution in [3.63, 3.8) is 0 Å². The number of carbonyl (C=O) groups is 1. The summed E-state index contributed by atoms with van der Waals surface area (Å²) in [5.74, 6) is -0.603. The molecule has 5 nitrogen and oxygen atoms in total. The van der Waals surface area contributed by atoms with Crippen LogP contribution in [-0.4, -0.2) is 17.5 Å². The third-order valence-corrected chi connectivity index (χ3v) is 3.47. The summed E-state index contributed by atoms with van der Waals surface area (Å²) in [6.07, 6.45) is 3.54. The summed E-state index contributed by atoms with van der Waals surface area (Å²) in [7, 11) is 0. The largest absolute Gasteiger partial charge is 0.458 e. The highest BCUT2D eigenvalue weighted by molar-refractivity contribution is 9.10. The Kier molecular flexibility index (Phi) is 5.43. The number of hydrogen-bond acceptors (Lipinski definition) is 4. The molecule has 0 aliphatic heterocycles. The van der Waals surface area contributed by atoms with Crippen LogP contribution < -0.4 is 0 Å². The first-order valence-corrected chi connectivity index (χ1v) is 7.20. The van der Waals surface area contributed by atoms with Crippen molar-refractivity contribution in [2.75, 3.05) is 6.61 Å². The van der Waals surface area contributed by atoms with Crippen LogP contribution in [0.4, 0.5) is 5.69 Å². The number of ether oxygens (including phenoxy) is 1. The Hall–Kier alpha value is -2.47. The minimum absolute atomic E-state index is 0.0948. The van der Waals surface area contributed by atoms with E-state index in [1.165, 1.54) is 18.2 Å². The molecule has 2 rings (SSSR count). The van der Waals surface area contributed by atoms with Crippen molar-refractivity contribution in [1.82, 2.24) is 0 Å². The lowest BCUT2D eigenvalue weighted by Crippen LogP contribution is -2.05. The van der Waals surface area contributed by atoms with Crippen LogP contribution in [0.3, 0.4) is 0 Å². The second-order valence-electron chi connectivity index (χ2n) is 4.33. The summed E-state index contributed by atoms with van der Waals surface area (Å²) < 4.78 is 5.38. The van der Waals surface area contributed by atoms with E-state index in [0.29, 0.717) is 4.47 Å². The maximum atomic E-state index is 11.8. The summed E-state index contributed by atoms with van der Waals surface area (Å²) in [6.45, 7) is 0.0948. The van der Waals surface area contributed by atoms with E-state index >= 15 is 0 Å². The standard InChI is InChI=1S/C16H12BrNO4/c17-14-9-8-13(11-15(14)18(20)21)16(19)22-10-4-7-12-5-2-1-3-6-12/h1-9,11H,10H2/b7-4+. The van der Waals surface area contributed by atoms with Crippen molar-refractivity contribution in [1.29, 1.82) is 0 Å². The van der Waals surface area contributed by atoms with Crippen LogP contribution >= 0.6 is 15.9 Å². The molecule has 6 heteroatoms. The lowest BCUT2D eigenvalue weighted by Gasteiger charge is -2.03. The van der Waals surface area contributed by atoms with Gasteiger partial charge in [-0.3, -0.25) is 10.1 Å². The summed E-state index contributed by atoms with van der Waals surface area (Å²) in [4.78, 5) is 22.1. The molecule has 0 aliphatic carbocycles. The van der Waals surface area contributed by atoms with Crippen LogP contribution in [-0.2, 0) is 4.74 Å². The van der Waals surface area contributed by atoms with Gasteiger partial charge < -0.3 is 4.74 Å². The van der Waals surface area contributed by atoms with Crippen molar-refractivity contribution in [3.8, 4) is 0 Å².